The monoisotopic (exact) mass is 157 g/mol. The van der Waals surface area contributed by atoms with E-state index in [-0.39, 0.29) is 11.6 Å². The number of nitrogens with one attached hydrogen (secondary N) is 1. The van der Waals surface area contributed by atoms with Gasteiger partial charge >= 0.3 is 5.97 Å². The van der Waals surface area contributed by atoms with Crippen LogP contribution in [0, 0.1) is 0 Å². The van der Waals surface area contributed by atoms with Crippen LogP contribution in [0.25, 0.3) is 0 Å². The molecule has 1 N–H and O–H groups in total. The fourth-order valence-electron chi connectivity index (χ4n) is 1.49. The van der Waals surface area contributed by atoms with E-state index < -0.39 is 0 Å². The van der Waals surface area contributed by atoms with E-state index in [1.807, 2.05) is 0 Å². The van der Waals surface area contributed by atoms with Gasteiger partial charge in [-0.25, -0.2) is 0 Å². The lowest BCUT2D eigenvalue weighted by Crippen LogP contribution is -2.35. The molecule has 1 atom stereocenters. The average Bonchev–Trinajstić information content (AvgIpc) is 2.36. The summed E-state index contributed by atoms with van der Waals surface area (Å²) in [6.07, 6.45) is 1.85. The summed E-state index contributed by atoms with van der Waals surface area (Å²) >= 11 is 0. The number of ether oxygens (including phenoxy) is 1. The van der Waals surface area contributed by atoms with Gasteiger partial charge in [0.25, 0.3) is 0 Å². The molecule has 0 radical (unpaired) electrons. The van der Waals surface area contributed by atoms with E-state index in [1.165, 1.54) is 6.92 Å². The Morgan fingerprint density at radius 1 is 1.73 bits per heavy atom. The van der Waals surface area contributed by atoms with Crippen LogP contribution >= 0.6 is 0 Å². The topological polar surface area (TPSA) is 38.3 Å². The Hall–Kier alpha value is -0.570. The molecule has 1 aliphatic rings. The number of hydrogen-bond donors (Lipinski definition) is 1. The fraction of sp³-hybridized carbons (Fsp3) is 0.875. The van der Waals surface area contributed by atoms with Gasteiger partial charge in [-0.05, 0) is 13.0 Å². The van der Waals surface area contributed by atoms with Gasteiger partial charge in [0.05, 0.1) is 0 Å². The van der Waals surface area contributed by atoms with Gasteiger partial charge in [0.2, 0.25) is 0 Å². The zero-order valence-corrected chi connectivity index (χ0v) is 7.14. The highest BCUT2D eigenvalue weighted by Crippen LogP contribution is 2.23. The Morgan fingerprint density at radius 2 is 2.45 bits per heavy atom. The quantitative estimate of drug-likeness (QED) is 0.599. The Kier molecular flexibility index (Phi) is 2.49. The van der Waals surface area contributed by atoms with Gasteiger partial charge in [-0.3, -0.25) is 4.79 Å². The number of esters is 1. The number of carbonyl (C=O) groups excluding carboxylic acids is 1. The van der Waals surface area contributed by atoms with Crippen molar-refractivity contribution < 1.29 is 9.53 Å². The molecule has 0 aromatic heterocycles. The first-order valence-corrected chi connectivity index (χ1v) is 4.09. The van der Waals surface area contributed by atoms with Crippen LogP contribution in [0.3, 0.4) is 0 Å². The predicted molar refractivity (Wildman–Crippen MR) is 42.3 cm³/mol. The van der Waals surface area contributed by atoms with E-state index in [0.29, 0.717) is 0 Å². The molecule has 1 heterocycles. The summed E-state index contributed by atoms with van der Waals surface area (Å²) in [7, 11) is 0. The van der Waals surface area contributed by atoms with Crippen molar-refractivity contribution in [3.8, 4) is 0 Å². The molecule has 1 unspecified atom stereocenters. The molecule has 1 saturated heterocycles. The van der Waals surface area contributed by atoms with Gasteiger partial charge in [0, 0.05) is 19.9 Å². The van der Waals surface area contributed by atoms with E-state index >= 15 is 0 Å². The van der Waals surface area contributed by atoms with Crippen LogP contribution in [-0.4, -0.2) is 24.7 Å². The Labute approximate surface area is 67.1 Å². The molecule has 3 heteroatoms. The molecule has 1 rings (SSSR count). The third-order valence-electron chi connectivity index (χ3n) is 2.21. The van der Waals surface area contributed by atoms with Gasteiger partial charge in [-0.1, -0.05) is 6.92 Å². The second-order valence-corrected chi connectivity index (χ2v) is 3.06. The van der Waals surface area contributed by atoms with Crippen molar-refractivity contribution in [2.24, 2.45) is 0 Å². The van der Waals surface area contributed by atoms with Crippen LogP contribution in [0.1, 0.15) is 26.7 Å². The summed E-state index contributed by atoms with van der Waals surface area (Å²) < 4.78 is 5.25. The molecule has 0 aromatic carbocycles. The third kappa shape index (κ3) is 1.93. The summed E-state index contributed by atoms with van der Waals surface area (Å²) in [5.74, 6) is -0.171. The van der Waals surface area contributed by atoms with Crippen molar-refractivity contribution in [2.45, 2.75) is 32.3 Å². The molecule has 1 fully saturated rings. The normalized spacial score (nSPS) is 30.4. The van der Waals surface area contributed by atoms with Gasteiger partial charge in [-0.2, -0.15) is 0 Å². The van der Waals surface area contributed by atoms with Crippen LogP contribution in [-0.2, 0) is 9.53 Å². The minimum Gasteiger partial charge on any atom is -0.458 e. The van der Waals surface area contributed by atoms with Crippen LogP contribution in [0.5, 0.6) is 0 Å². The van der Waals surface area contributed by atoms with E-state index in [1.54, 1.807) is 0 Å². The number of hydrogen-bond acceptors (Lipinski definition) is 3. The van der Waals surface area contributed by atoms with E-state index in [0.717, 1.165) is 25.9 Å². The van der Waals surface area contributed by atoms with Crippen molar-refractivity contribution in [1.29, 1.82) is 0 Å². The van der Waals surface area contributed by atoms with Gasteiger partial charge in [0.1, 0.15) is 5.60 Å². The van der Waals surface area contributed by atoms with Crippen LogP contribution < -0.4 is 5.32 Å². The standard InChI is InChI=1S/C8H15NO2/c1-3-8(11-7(2)10)4-5-9-6-8/h9H,3-6H2,1-2H3. The molecule has 3 nitrogen and oxygen atoms in total. The van der Waals surface area contributed by atoms with Crippen molar-refractivity contribution >= 4 is 5.97 Å². The second kappa shape index (κ2) is 3.22. The minimum absolute atomic E-state index is 0.171. The van der Waals surface area contributed by atoms with Gasteiger partial charge < -0.3 is 10.1 Å². The van der Waals surface area contributed by atoms with Gasteiger partial charge in [-0.15, -0.1) is 0 Å². The van der Waals surface area contributed by atoms with E-state index in [4.69, 9.17) is 4.74 Å². The van der Waals surface area contributed by atoms with Crippen molar-refractivity contribution in [3.63, 3.8) is 0 Å². The zero-order valence-electron chi connectivity index (χ0n) is 7.14. The van der Waals surface area contributed by atoms with Crippen molar-refractivity contribution in [2.75, 3.05) is 13.1 Å². The first-order chi connectivity index (χ1) is 5.18. The van der Waals surface area contributed by atoms with E-state index in [9.17, 15) is 4.79 Å². The lowest BCUT2D eigenvalue weighted by molar-refractivity contribution is -0.155. The molecular weight excluding hydrogens is 142 g/mol. The van der Waals surface area contributed by atoms with E-state index in [2.05, 4.69) is 12.2 Å². The maximum Gasteiger partial charge on any atom is 0.303 e. The molecule has 0 aromatic rings. The SMILES string of the molecule is CCC1(OC(C)=O)CCNC1. The highest BCUT2D eigenvalue weighted by Gasteiger charge is 2.34. The highest BCUT2D eigenvalue weighted by atomic mass is 16.6. The summed E-state index contributed by atoms with van der Waals surface area (Å²) in [6.45, 7) is 5.29. The molecule has 0 aliphatic carbocycles. The lowest BCUT2D eigenvalue weighted by Gasteiger charge is -2.25. The average molecular weight is 157 g/mol. The smallest absolute Gasteiger partial charge is 0.303 e. The van der Waals surface area contributed by atoms with Crippen molar-refractivity contribution in [1.82, 2.24) is 5.32 Å². The lowest BCUT2D eigenvalue weighted by atomic mass is 10.00. The fourth-order valence-corrected chi connectivity index (χ4v) is 1.49. The maximum atomic E-state index is 10.7. The molecular formula is C8H15NO2. The summed E-state index contributed by atoms with van der Waals surface area (Å²) in [5.41, 5.74) is -0.203. The molecule has 1 aliphatic heterocycles. The molecule has 64 valence electrons. The molecule has 0 bridgehead atoms. The zero-order chi connectivity index (χ0) is 8.32. The largest absolute Gasteiger partial charge is 0.458 e. The highest BCUT2D eigenvalue weighted by molar-refractivity contribution is 5.66. The van der Waals surface area contributed by atoms with Crippen molar-refractivity contribution in [3.05, 3.63) is 0 Å². The maximum absolute atomic E-state index is 10.7. The molecule has 0 spiro atoms. The minimum atomic E-state index is -0.203. The summed E-state index contributed by atoms with van der Waals surface area (Å²) in [4.78, 5) is 10.7. The first kappa shape index (κ1) is 8.53. The van der Waals surface area contributed by atoms with Crippen LogP contribution in [0.4, 0.5) is 0 Å². The molecule has 0 amide bonds. The first-order valence-electron chi connectivity index (χ1n) is 4.09. The number of rotatable bonds is 2. The Morgan fingerprint density at radius 3 is 2.82 bits per heavy atom. The molecule has 0 saturated carbocycles. The van der Waals surface area contributed by atoms with Crippen LogP contribution in [0.2, 0.25) is 0 Å². The third-order valence-corrected chi connectivity index (χ3v) is 2.21. The second-order valence-electron chi connectivity index (χ2n) is 3.06. The molecule has 11 heavy (non-hydrogen) atoms. The Balaban J connectivity index is 2.52. The summed E-state index contributed by atoms with van der Waals surface area (Å²) in [5, 5.41) is 3.19. The number of carbonyl (C=O) groups is 1. The van der Waals surface area contributed by atoms with Gasteiger partial charge in [0.15, 0.2) is 0 Å². The summed E-state index contributed by atoms with van der Waals surface area (Å²) in [6, 6.07) is 0. The Bertz CT molecular complexity index is 150. The predicted octanol–water partition coefficient (Wildman–Crippen LogP) is 0.692. The van der Waals surface area contributed by atoms with Crippen LogP contribution in [0.15, 0.2) is 0 Å².